The number of pyridine rings is 2. The average Bonchev–Trinajstić information content (AvgIpc) is 3.55. The third kappa shape index (κ3) is 4.30. The Bertz CT molecular complexity index is 2150. The summed E-state index contributed by atoms with van der Waals surface area (Å²) in [7, 11) is 0.883. The Morgan fingerprint density at radius 1 is 1.00 bits per heavy atom. The minimum absolute atomic E-state index is 0.0514. The summed E-state index contributed by atoms with van der Waals surface area (Å²) >= 11 is 6.28. The number of nitrogens with zero attached hydrogens (tertiary/aromatic N) is 5. The van der Waals surface area contributed by atoms with Crippen LogP contribution >= 0.6 is 11.6 Å². The van der Waals surface area contributed by atoms with Gasteiger partial charge in [-0.15, -0.1) is 0 Å². The number of benzene rings is 2. The number of hydrogen-bond donors (Lipinski definition) is 1. The molecule has 4 heterocycles. The van der Waals surface area contributed by atoms with Crippen molar-refractivity contribution in [3.63, 3.8) is 0 Å². The molecule has 206 valence electrons. The standard InChI is InChI=1S/C29H23ClN6O4S/c1-34(2)29(38)18-11-9-17(10-12-18)24-25-21-13-22(30)28(37)33-23(21)15-31-27(25)36(26(24)19-14-32-35(3)16-19)41(39,40)20-7-5-4-6-8-20/h4-16H,1-3H3,(H,33,37). The quantitative estimate of drug-likeness (QED) is 0.316. The van der Waals surface area contributed by atoms with Crippen LogP contribution in [0.1, 0.15) is 10.4 Å². The number of carbonyl (C=O) groups is 1. The number of aryl methyl sites for hydroxylation is 1. The number of halogens is 1. The maximum absolute atomic E-state index is 14.3. The van der Waals surface area contributed by atoms with Gasteiger partial charge in [-0.25, -0.2) is 17.4 Å². The van der Waals surface area contributed by atoms with E-state index in [0.29, 0.717) is 44.2 Å². The van der Waals surface area contributed by atoms with Crippen LogP contribution in [-0.4, -0.2) is 57.0 Å². The summed E-state index contributed by atoms with van der Waals surface area (Å²) in [4.78, 5) is 33.8. The van der Waals surface area contributed by atoms with Crippen LogP contribution in [0.5, 0.6) is 0 Å². The lowest BCUT2D eigenvalue weighted by atomic mass is 9.97. The molecule has 6 aromatic rings. The van der Waals surface area contributed by atoms with Gasteiger partial charge in [-0.05, 0) is 35.9 Å². The molecule has 10 nitrogen and oxygen atoms in total. The minimum Gasteiger partial charge on any atom is -0.345 e. The van der Waals surface area contributed by atoms with Gasteiger partial charge in [-0.2, -0.15) is 5.10 Å². The summed E-state index contributed by atoms with van der Waals surface area (Å²) in [6.07, 6.45) is 4.72. The number of hydrogen-bond acceptors (Lipinski definition) is 6. The van der Waals surface area contributed by atoms with Crippen molar-refractivity contribution in [3.05, 3.63) is 100 Å². The molecular formula is C29H23ClN6O4S. The second-order valence-corrected chi connectivity index (χ2v) is 11.9. The Kier molecular flexibility index (Phi) is 6.28. The molecule has 0 aliphatic heterocycles. The van der Waals surface area contributed by atoms with E-state index in [1.54, 1.807) is 80.7 Å². The average molecular weight is 587 g/mol. The van der Waals surface area contributed by atoms with Crippen molar-refractivity contribution >= 4 is 49.5 Å². The third-order valence-electron chi connectivity index (χ3n) is 6.80. The fourth-order valence-corrected chi connectivity index (χ4v) is 6.59. The summed E-state index contributed by atoms with van der Waals surface area (Å²) in [5.74, 6) is -0.172. The Balaban J connectivity index is 1.81. The predicted molar refractivity (Wildman–Crippen MR) is 158 cm³/mol. The fraction of sp³-hybridized carbons (Fsp3) is 0.103. The molecule has 0 unspecified atom stereocenters. The van der Waals surface area contributed by atoms with Gasteiger partial charge in [0.2, 0.25) is 0 Å². The number of aromatic amines is 1. The molecule has 0 atom stereocenters. The highest BCUT2D eigenvalue weighted by molar-refractivity contribution is 7.90. The molecule has 0 aliphatic carbocycles. The van der Waals surface area contributed by atoms with Crippen molar-refractivity contribution in [2.24, 2.45) is 7.05 Å². The maximum atomic E-state index is 14.3. The molecule has 0 fully saturated rings. The topological polar surface area (TPSA) is 123 Å². The van der Waals surface area contributed by atoms with Crippen molar-refractivity contribution in [3.8, 4) is 22.4 Å². The smallest absolute Gasteiger partial charge is 0.269 e. The normalized spacial score (nSPS) is 11.8. The van der Waals surface area contributed by atoms with Gasteiger partial charge in [0, 0.05) is 54.8 Å². The van der Waals surface area contributed by atoms with Crippen LogP contribution in [-0.2, 0) is 17.1 Å². The zero-order valence-electron chi connectivity index (χ0n) is 22.2. The molecule has 1 N–H and O–H groups in total. The van der Waals surface area contributed by atoms with E-state index in [2.05, 4.69) is 15.1 Å². The summed E-state index contributed by atoms with van der Waals surface area (Å²) < 4.78 is 31.4. The molecule has 0 aliphatic rings. The zero-order chi connectivity index (χ0) is 29.1. The van der Waals surface area contributed by atoms with E-state index in [1.165, 1.54) is 33.3 Å². The van der Waals surface area contributed by atoms with Gasteiger partial charge in [-0.3, -0.25) is 14.3 Å². The minimum atomic E-state index is -4.19. The van der Waals surface area contributed by atoms with Gasteiger partial charge >= 0.3 is 0 Å². The largest absolute Gasteiger partial charge is 0.345 e. The van der Waals surface area contributed by atoms with Gasteiger partial charge in [0.25, 0.3) is 21.5 Å². The predicted octanol–water partition coefficient (Wildman–Crippen LogP) is 4.54. The monoisotopic (exact) mass is 586 g/mol. The molecule has 12 heteroatoms. The third-order valence-corrected chi connectivity index (χ3v) is 8.79. The van der Waals surface area contributed by atoms with Gasteiger partial charge in [0.05, 0.1) is 28.5 Å². The molecule has 1 amide bonds. The molecule has 0 saturated carbocycles. The highest BCUT2D eigenvalue weighted by Crippen LogP contribution is 2.44. The first kappa shape index (κ1) is 26.5. The molecule has 0 radical (unpaired) electrons. The Morgan fingerprint density at radius 3 is 2.34 bits per heavy atom. The van der Waals surface area contributed by atoms with Crippen molar-refractivity contribution < 1.29 is 13.2 Å². The molecule has 4 aromatic heterocycles. The number of rotatable bonds is 5. The Hall–Kier alpha value is -4.74. The van der Waals surface area contributed by atoms with Gasteiger partial charge in [0.15, 0.2) is 5.65 Å². The van der Waals surface area contributed by atoms with Crippen LogP contribution in [0.25, 0.3) is 44.3 Å². The lowest BCUT2D eigenvalue weighted by Crippen LogP contribution is -2.21. The molecule has 2 aromatic carbocycles. The summed E-state index contributed by atoms with van der Waals surface area (Å²) in [6.45, 7) is 0. The summed E-state index contributed by atoms with van der Waals surface area (Å²) in [5, 5.41) is 5.23. The van der Waals surface area contributed by atoms with Crippen LogP contribution in [0.4, 0.5) is 0 Å². The lowest BCUT2D eigenvalue weighted by Gasteiger charge is -2.13. The van der Waals surface area contributed by atoms with Crippen molar-refractivity contribution in [2.75, 3.05) is 14.1 Å². The van der Waals surface area contributed by atoms with E-state index in [-0.39, 0.29) is 21.5 Å². The highest BCUT2D eigenvalue weighted by Gasteiger charge is 2.31. The van der Waals surface area contributed by atoms with Crippen LogP contribution in [0, 0.1) is 0 Å². The zero-order valence-corrected chi connectivity index (χ0v) is 23.7. The number of amides is 1. The first-order valence-corrected chi connectivity index (χ1v) is 14.3. The van der Waals surface area contributed by atoms with E-state index in [4.69, 9.17) is 11.6 Å². The Morgan fingerprint density at radius 2 is 1.71 bits per heavy atom. The second-order valence-electron chi connectivity index (χ2n) is 9.72. The molecular weight excluding hydrogens is 564 g/mol. The highest BCUT2D eigenvalue weighted by atomic mass is 35.5. The fourth-order valence-electron chi connectivity index (χ4n) is 4.92. The summed E-state index contributed by atoms with van der Waals surface area (Å²) in [5.41, 5.74) is 2.52. The second kappa shape index (κ2) is 9.72. The SMILES string of the molecule is CN(C)C(=O)c1ccc(-c2c(-c3cnn(C)c3)n(S(=O)(=O)c3ccccc3)c3ncc4[nH]c(=O)c(Cl)cc4c23)cc1. The molecule has 0 bridgehead atoms. The van der Waals surface area contributed by atoms with Crippen LogP contribution < -0.4 is 5.56 Å². The van der Waals surface area contributed by atoms with Crippen molar-refractivity contribution in [2.45, 2.75) is 4.90 Å². The lowest BCUT2D eigenvalue weighted by molar-refractivity contribution is 0.0827. The first-order chi connectivity index (χ1) is 19.6. The van der Waals surface area contributed by atoms with E-state index < -0.39 is 15.6 Å². The summed E-state index contributed by atoms with van der Waals surface area (Å²) in [6, 6.07) is 16.5. The van der Waals surface area contributed by atoms with Gasteiger partial charge in [0.1, 0.15) is 5.02 Å². The van der Waals surface area contributed by atoms with E-state index in [9.17, 15) is 18.0 Å². The number of nitrogens with one attached hydrogen (secondary N) is 1. The van der Waals surface area contributed by atoms with Crippen LogP contribution in [0.3, 0.4) is 0 Å². The van der Waals surface area contributed by atoms with Crippen LogP contribution in [0.15, 0.2) is 88.9 Å². The van der Waals surface area contributed by atoms with E-state index >= 15 is 0 Å². The van der Waals surface area contributed by atoms with Gasteiger partial charge in [-0.1, -0.05) is 41.9 Å². The number of carbonyl (C=O) groups excluding carboxylic acids is 1. The van der Waals surface area contributed by atoms with Gasteiger partial charge < -0.3 is 9.88 Å². The number of H-pyrrole nitrogens is 1. The molecule has 0 saturated heterocycles. The first-order valence-electron chi connectivity index (χ1n) is 12.5. The van der Waals surface area contributed by atoms with E-state index in [0.717, 1.165) is 0 Å². The molecule has 0 spiro atoms. The molecule has 6 rings (SSSR count). The van der Waals surface area contributed by atoms with Crippen molar-refractivity contribution in [1.29, 1.82) is 0 Å². The Labute approximate surface area is 239 Å². The maximum Gasteiger partial charge on any atom is 0.269 e. The van der Waals surface area contributed by atoms with Crippen LogP contribution in [0.2, 0.25) is 5.02 Å². The number of aromatic nitrogens is 5. The number of fused-ring (bicyclic) bond motifs is 3. The molecule has 41 heavy (non-hydrogen) atoms. The van der Waals surface area contributed by atoms with E-state index in [1.807, 2.05) is 0 Å². The van der Waals surface area contributed by atoms with Crippen molar-refractivity contribution in [1.82, 2.24) is 28.6 Å².